The van der Waals surface area contributed by atoms with Crippen molar-refractivity contribution in [3.8, 4) is 34.2 Å². The normalized spacial score (nSPS) is 11.5. The zero-order valence-electron chi connectivity index (χ0n) is 24.5. The zero-order chi connectivity index (χ0) is 30.6. The van der Waals surface area contributed by atoms with Gasteiger partial charge in [-0.05, 0) is 41.8 Å². The van der Waals surface area contributed by atoms with Crippen LogP contribution in [0.5, 0.6) is 0 Å². The number of pyridine rings is 1. The van der Waals surface area contributed by atoms with Gasteiger partial charge in [-0.25, -0.2) is 19.8 Å². The molecule has 214 valence electrons. The number of hydrogen-bond donors (Lipinski definition) is 0. The van der Waals surface area contributed by atoms with Crippen LogP contribution in [0.15, 0.2) is 146 Å². The molecular weight excluding hydrogens is 564 g/mol. The first-order chi connectivity index (χ1) is 22.8. The van der Waals surface area contributed by atoms with Crippen molar-refractivity contribution in [2.75, 3.05) is 0 Å². The summed E-state index contributed by atoms with van der Waals surface area (Å²) < 4.78 is 4.33. The second-order valence-corrected chi connectivity index (χ2v) is 11.2. The number of rotatable bonds is 4. The molecular formula is C40H24N6. The van der Waals surface area contributed by atoms with Gasteiger partial charge < -0.3 is 0 Å². The van der Waals surface area contributed by atoms with E-state index in [1.807, 2.05) is 85.1 Å². The lowest BCUT2D eigenvalue weighted by Crippen LogP contribution is -2.11. The third kappa shape index (κ3) is 3.86. The molecule has 0 saturated heterocycles. The van der Waals surface area contributed by atoms with Gasteiger partial charge in [-0.2, -0.15) is 0 Å². The second kappa shape index (κ2) is 10.3. The van der Waals surface area contributed by atoms with Gasteiger partial charge in [-0.15, -0.1) is 0 Å². The summed E-state index contributed by atoms with van der Waals surface area (Å²) in [5.41, 5.74) is 7.83. The highest BCUT2D eigenvalue weighted by Crippen LogP contribution is 2.40. The van der Waals surface area contributed by atoms with Crippen LogP contribution < -0.4 is 0 Å². The molecule has 0 saturated carbocycles. The molecule has 0 N–H and O–H groups in total. The molecule has 4 aromatic heterocycles. The summed E-state index contributed by atoms with van der Waals surface area (Å²) in [7, 11) is 0. The van der Waals surface area contributed by atoms with Gasteiger partial charge in [0.15, 0.2) is 17.3 Å². The average molecular weight is 589 g/mol. The SMILES string of the molecule is [C-]#[N+]c1ccc2c(c1)c1ccccc1n2-c1nc(-c2ccccc2)c(-c2ccccc2)nc1-n1c2ccccc2c2cccnc21. The number of hydrogen-bond acceptors (Lipinski definition) is 3. The molecule has 0 aliphatic heterocycles. The van der Waals surface area contributed by atoms with E-state index in [1.165, 1.54) is 0 Å². The van der Waals surface area contributed by atoms with Crippen LogP contribution >= 0.6 is 0 Å². The molecule has 4 heterocycles. The van der Waals surface area contributed by atoms with Crippen LogP contribution in [0.1, 0.15) is 0 Å². The Hall–Kier alpha value is -6.58. The van der Waals surface area contributed by atoms with Gasteiger partial charge in [0, 0.05) is 33.5 Å². The summed E-state index contributed by atoms with van der Waals surface area (Å²) in [6, 6.07) is 47.0. The summed E-state index contributed by atoms with van der Waals surface area (Å²) in [5.74, 6) is 1.34. The molecule has 9 aromatic rings. The smallest absolute Gasteiger partial charge is 0.188 e. The molecule has 0 radical (unpaired) electrons. The van der Waals surface area contributed by atoms with E-state index in [9.17, 15) is 0 Å². The summed E-state index contributed by atoms with van der Waals surface area (Å²) >= 11 is 0. The van der Waals surface area contributed by atoms with E-state index in [-0.39, 0.29) is 0 Å². The van der Waals surface area contributed by atoms with Gasteiger partial charge in [0.2, 0.25) is 0 Å². The minimum Gasteiger partial charge on any atom is -0.291 e. The van der Waals surface area contributed by atoms with E-state index in [1.54, 1.807) is 0 Å². The van der Waals surface area contributed by atoms with Crippen molar-refractivity contribution >= 4 is 49.4 Å². The predicted molar refractivity (Wildman–Crippen MR) is 186 cm³/mol. The third-order valence-electron chi connectivity index (χ3n) is 8.60. The fraction of sp³-hybridized carbons (Fsp3) is 0. The molecule has 0 aliphatic rings. The minimum atomic E-state index is 0.595. The maximum absolute atomic E-state index is 7.69. The highest BCUT2D eigenvalue weighted by atomic mass is 15.2. The van der Waals surface area contributed by atoms with Crippen LogP contribution in [-0.4, -0.2) is 24.1 Å². The molecule has 0 bridgehead atoms. The van der Waals surface area contributed by atoms with Crippen molar-refractivity contribution in [2.45, 2.75) is 0 Å². The maximum atomic E-state index is 7.69. The molecule has 0 amide bonds. The molecule has 0 unspecified atom stereocenters. The largest absolute Gasteiger partial charge is 0.291 e. The van der Waals surface area contributed by atoms with Crippen molar-refractivity contribution in [2.24, 2.45) is 0 Å². The molecule has 0 atom stereocenters. The van der Waals surface area contributed by atoms with Crippen LogP contribution in [0.2, 0.25) is 0 Å². The second-order valence-electron chi connectivity index (χ2n) is 11.2. The number of fused-ring (bicyclic) bond motifs is 6. The molecule has 6 nitrogen and oxygen atoms in total. The van der Waals surface area contributed by atoms with E-state index < -0.39 is 0 Å². The van der Waals surface area contributed by atoms with E-state index in [2.05, 4.69) is 74.6 Å². The van der Waals surface area contributed by atoms with Gasteiger partial charge in [0.25, 0.3) is 0 Å². The number of aromatic nitrogens is 5. The monoisotopic (exact) mass is 588 g/mol. The maximum Gasteiger partial charge on any atom is 0.188 e. The Morgan fingerprint density at radius 2 is 1.00 bits per heavy atom. The third-order valence-corrected chi connectivity index (χ3v) is 8.60. The van der Waals surface area contributed by atoms with Crippen molar-refractivity contribution in [3.63, 3.8) is 0 Å². The first-order valence-electron chi connectivity index (χ1n) is 15.1. The van der Waals surface area contributed by atoms with Gasteiger partial charge >= 0.3 is 0 Å². The summed E-state index contributed by atoms with van der Waals surface area (Å²) in [5, 5.41) is 4.17. The van der Waals surface area contributed by atoms with Gasteiger partial charge in [-0.3, -0.25) is 9.13 Å². The number of para-hydroxylation sites is 2. The highest BCUT2D eigenvalue weighted by molar-refractivity contribution is 6.11. The van der Waals surface area contributed by atoms with Crippen LogP contribution in [0.3, 0.4) is 0 Å². The Morgan fingerprint density at radius 3 is 1.65 bits per heavy atom. The Morgan fingerprint density at radius 1 is 0.478 bits per heavy atom. The van der Waals surface area contributed by atoms with Gasteiger partial charge in [0.1, 0.15) is 5.65 Å². The van der Waals surface area contributed by atoms with Gasteiger partial charge in [0.05, 0.1) is 34.5 Å². The van der Waals surface area contributed by atoms with E-state index in [0.717, 1.165) is 66.3 Å². The minimum absolute atomic E-state index is 0.595. The van der Waals surface area contributed by atoms with Gasteiger partial charge in [-0.1, -0.05) is 103 Å². The summed E-state index contributed by atoms with van der Waals surface area (Å²) in [4.78, 5) is 19.8. The molecule has 6 heteroatoms. The molecule has 5 aromatic carbocycles. The quantitative estimate of drug-likeness (QED) is 0.192. The molecule has 0 aliphatic carbocycles. The highest BCUT2D eigenvalue weighted by Gasteiger charge is 2.25. The summed E-state index contributed by atoms with van der Waals surface area (Å²) in [6.07, 6.45) is 1.83. The van der Waals surface area contributed by atoms with E-state index >= 15 is 0 Å². The lowest BCUT2D eigenvalue weighted by Gasteiger charge is -2.18. The Kier molecular flexibility index (Phi) is 5.77. The topological polar surface area (TPSA) is 52.9 Å². The molecule has 0 spiro atoms. The first-order valence-corrected chi connectivity index (χ1v) is 15.1. The van der Waals surface area contributed by atoms with Crippen molar-refractivity contribution < 1.29 is 0 Å². The average Bonchev–Trinajstić information content (AvgIpc) is 3.64. The van der Waals surface area contributed by atoms with Crippen LogP contribution in [0.4, 0.5) is 5.69 Å². The molecule has 9 rings (SSSR count). The number of nitrogens with zero attached hydrogens (tertiary/aromatic N) is 6. The Bertz CT molecular complexity index is 2590. The Labute approximate surface area is 264 Å². The lowest BCUT2D eigenvalue weighted by molar-refractivity contribution is 0.967. The van der Waals surface area contributed by atoms with E-state index in [4.69, 9.17) is 21.5 Å². The first kappa shape index (κ1) is 25.9. The zero-order valence-corrected chi connectivity index (χ0v) is 24.5. The fourth-order valence-electron chi connectivity index (χ4n) is 6.58. The van der Waals surface area contributed by atoms with Crippen molar-refractivity contribution in [1.82, 2.24) is 24.1 Å². The fourth-order valence-corrected chi connectivity index (χ4v) is 6.58. The lowest BCUT2D eigenvalue weighted by atomic mass is 10.0. The standard InChI is InChI=1S/C40H24N6/c1-41-28-22-23-35-32(25-28)30-18-9-10-20-33(30)45(35)39-40(46-34-21-11-8-17-29(34)31-19-12-24-42-38(31)46)44-37(27-15-6-3-7-16-27)36(43-39)26-13-4-2-5-14-26/h2-25H. The molecule has 0 fully saturated rings. The van der Waals surface area contributed by atoms with E-state index in [0.29, 0.717) is 17.3 Å². The van der Waals surface area contributed by atoms with Crippen LogP contribution in [0.25, 0.3) is 82.7 Å². The predicted octanol–water partition coefficient (Wildman–Crippen LogP) is 9.95. The van der Waals surface area contributed by atoms with Crippen molar-refractivity contribution in [3.05, 3.63) is 157 Å². The van der Waals surface area contributed by atoms with Crippen molar-refractivity contribution in [1.29, 1.82) is 0 Å². The molecule has 46 heavy (non-hydrogen) atoms. The Balaban J connectivity index is 1.50. The van der Waals surface area contributed by atoms with Crippen LogP contribution in [-0.2, 0) is 0 Å². The summed E-state index contributed by atoms with van der Waals surface area (Å²) in [6.45, 7) is 7.69. The van der Waals surface area contributed by atoms with Crippen LogP contribution in [0, 0.1) is 6.57 Å². The number of benzene rings is 5.